The normalized spacial score (nSPS) is 16.2. The van der Waals surface area contributed by atoms with Gasteiger partial charge in [-0.3, -0.25) is 10.1 Å². The second-order valence-corrected chi connectivity index (χ2v) is 8.43. The van der Waals surface area contributed by atoms with Crippen LogP contribution in [0.2, 0.25) is 0 Å². The molecule has 4 rings (SSSR count). The molecule has 26 heavy (non-hydrogen) atoms. The van der Waals surface area contributed by atoms with Gasteiger partial charge in [-0.15, -0.1) is 11.3 Å². The molecular formula is C20H18BrN3OS. The fourth-order valence-electron chi connectivity index (χ4n) is 3.11. The molecule has 1 aliphatic carbocycles. The molecule has 1 heterocycles. The Bertz CT molecular complexity index is 952. The highest BCUT2D eigenvalue weighted by atomic mass is 79.9. The van der Waals surface area contributed by atoms with Gasteiger partial charge < -0.3 is 5.73 Å². The largest absolute Gasteiger partial charge is 0.327 e. The zero-order valence-corrected chi connectivity index (χ0v) is 16.4. The number of rotatable bonds is 3. The summed E-state index contributed by atoms with van der Waals surface area (Å²) in [6, 6.07) is 15.9. The Hall–Kier alpha value is -2.02. The van der Waals surface area contributed by atoms with Gasteiger partial charge in [0.1, 0.15) is 0 Å². The molecule has 1 aliphatic rings. The minimum absolute atomic E-state index is 0.138. The predicted molar refractivity (Wildman–Crippen MR) is 110 cm³/mol. The lowest BCUT2D eigenvalue weighted by Crippen LogP contribution is -2.27. The minimum atomic E-state index is -0.138. The maximum atomic E-state index is 12.5. The fourth-order valence-corrected chi connectivity index (χ4v) is 4.60. The van der Waals surface area contributed by atoms with Crippen molar-refractivity contribution in [2.24, 2.45) is 5.73 Å². The maximum Gasteiger partial charge on any atom is 0.257 e. The van der Waals surface area contributed by atoms with Crippen LogP contribution in [0.1, 0.15) is 27.3 Å². The lowest BCUT2D eigenvalue weighted by atomic mass is 9.99. The van der Waals surface area contributed by atoms with Crippen LogP contribution >= 0.6 is 27.3 Å². The summed E-state index contributed by atoms with van der Waals surface area (Å²) in [5.41, 5.74) is 9.89. The lowest BCUT2D eigenvalue weighted by Gasteiger charge is -2.15. The van der Waals surface area contributed by atoms with E-state index in [9.17, 15) is 4.79 Å². The molecule has 132 valence electrons. The number of aryl methyl sites for hydroxylation is 1. The number of nitrogens with zero attached hydrogens (tertiary/aromatic N) is 1. The van der Waals surface area contributed by atoms with E-state index >= 15 is 0 Å². The number of thiazole rings is 1. The number of hydrogen-bond donors (Lipinski definition) is 2. The van der Waals surface area contributed by atoms with E-state index in [1.54, 1.807) is 0 Å². The molecule has 0 unspecified atom stereocenters. The Morgan fingerprint density at radius 3 is 2.77 bits per heavy atom. The summed E-state index contributed by atoms with van der Waals surface area (Å²) in [6.07, 6.45) is 2.70. The van der Waals surface area contributed by atoms with Crippen LogP contribution in [-0.4, -0.2) is 16.9 Å². The number of hydrogen-bond acceptors (Lipinski definition) is 4. The summed E-state index contributed by atoms with van der Waals surface area (Å²) >= 11 is 5.02. The van der Waals surface area contributed by atoms with Crippen LogP contribution in [0.3, 0.4) is 0 Å². The highest BCUT2D eigenvalue weighted by Gasteiger charge is 2.21. The first kappa shape index (κ1) is 17.4. The molecule has 0 spiro atoms. The average Bonchev–Trinajstić information content (AvgIpc) is 3.03. The van der Waals surface area contributed by atoms with Crippen LogP contribution in [0.5, 0.6) is 0 Å². The van der Waals surface area contributed by atoms with Gasteiger partial charge in [0.25, 0.3) is 5.91 Å². The highest BCUT2D eigenvalue weighted by molar-refractivity contribution is 9.10. The van der Waals surface area contributed by atoms with Crippen molar-refractivity contribution in [1.82, 2.24) is 4.98 Å². The molecular weight excluding hydrogens is 410 g/mol. The maximum absolute atomic E-state index is 12.5. The fraction of sp³-hybridized carbons (Fsp3) is 0.200. The third-order valence-corrected chi connectivity index (χ3v) is 6.03. The Morgan fingerprint density at radius 1 is 1.19 bits per heavy atom. The summed E-state index contributed by atoms with van der Waals surface area (Å²) in [4.78, 5) is 18.3. The van der Waals surface area contributed by atoms with E-state index in [-0.39, 0.29) is 11.9 Å². The Kier molecular flexibility index (Phi) is 4.89. The van der Waals surface area contributed by atoms with Crippen LogP contribution in [0, 0.1) is 0 Å². The van der Waals surface area contributed by atoms with E-state index in [2.05, 4.69) is 32.3 Å². The van der Waals surface area contributed by atoms with Gasteiger partial charge in [-0.1, -0.05) is 40.2 Å². The van der Waals surface area contributed by atoms with Crippen molar-refractivity contribution in [2.75, 3.05) is 5.32 Å². The van der Waals surface area contributed by atoms with Gasteiger partial charge in [0, 0.05) is 21.0 Å². The van der Waals surface area contributed by atoms with E-state index in [0.29, 0.717) is 10.7 Å². The van der Waals surface area contributed by atoms with Crippen molar-refractivity contribution in [3.8, 4) is 11.1 Å². The molecule has 6 heteroatoms. The SMILES string of the molecule is N[C@H]1CCc2nc(NC(=O)c3ccc(-c4cccc(Br)c4)cc3)sc2C1. The molecule has 0 radical (unpaired) electrons. The number of fused-ring (bicyclic) bond motifs is 1. The number of carbonyl (C=O) groups is 1. The average molecular weight is 428 g/mol. The zero-order valence-electron chi connectivity index (χ0n) is 14.0. The lowest BCUT2D eigenvalue weighted by molar-refractivity contribution is 0.102. The second kappa shape index (κ2) is 7.31. The summed E-state index contributed by atoms with van der Waals surface area (Å²) in [7, 11) is 0. The molecule has 0 saturated heterocycles. The summed E-state index contributed by atoms with van der Waals surface area (Å²) in [5, 5.41) is 3.58. The number of nitrogens with two attached hydrogens (primary N) is 1. The number of carbonyl (C=O) groups excluding carboxylic acids is 1. The van der Waals surface area contributed by atoms with E-state index in [1.165, 1.54) is 16.2 Å². The zero-order chi connectivity index (χ0) is 18.1. The van der Waals surface area contributed by atoms with E-state index in [4.69, 9.17) is 5.73 Å². The first-order valence-electron chi connectivity index (χ1n) is 8.50. The Morgan fingerprint density at radius 2 is 2.00 bits per heavy atom. The van der Waals surface area contributed by atoms with Gasteiger partial charge in [0.2, 0.25) is 0 Å². The minimum Gasteiger partial charge on any atom is -0.327 e. The van der Waals surface area contributed by atoms with Crippen molar-refractivity contribution < 1.29 is 4.79 Å². The Balaban J connectivity index is 1.48. The van der Waals surface area contributed by atoms with E-state index < -0.39 is 0 Å². The van der Waals surface area contributed by atoms with Crippen molar-refractivity contribution in [3.05, 3.63) is 69.1 Å². The van der Waals surface area contributed by atoms with Crippen LogP contribution in [-0.2, 0) is 12.8 Å². The summed E-state index contributed by atoms with van der Waals surface area (Å²) in [5.74, 6) is -0.138. The van der Waals surface area contributed by atoms with Crippen LogP contribution in [0.4, 0.5) is 5.13 Å². The molecule has 0 fully saturated rings. The molecule has 0 bridgehead atoms. The third-order valence-electron chi connectivity index (χ3n) is 4.50. The van der Waals surface area contributed by atoms with Crippen LogP contribution in [0.25, 0.3) is 11.1 Å². The molecule has 2 aromatic carbocycles. The molecule has 1 amide bonds. The summed E-state index contributed by atoms with van der Waals surface area (Å²) in [6.45, 7) is 0. The van der Waals surface area contributed by atoms with Gasteiger partial charge in [-0.05, 0) is 54.7 Å². The van der Waals surface area contributed by atoms with Gasteiger partial charge >= 0.3 is 0 Å². The first-order chi connectivity index (χ1) is 12.6. The van der Waals surface area contributed by atoms with Gasteiger partial charge in [-0.2, -0.15) is 0 Å². The van der Waals surface area contributed by atoms with E-state index in [0.717, 1.165) is 40.6 Å². The van der Waals surface area contributed by atoms with Crippen molar-refractivity contribution in [2.45, 2.75) is 25.3 Å². The number of benzene rings is 2. The number of aromatic nitrogens is 1. The van der Waals surface area contributed by atoms with E-state index in [1.807, 2.05) is 42.5 Å². The van der Waals surface area contributed by atoms with Gasteiger partial charge in [0.15, 0.2) is 5.13 Å². The number of halogens is 1. The molecule has 3 N–H and O–H groups in total. The highest BCUT2D eigenvalue weighted by Crippen LogP contribution is 2.30. The number of nitrogens with one attached hydrogen (secondary N) is 1. The molecule has 0 aliphatic heterocycles. The smallest absolute Gasteiger partial charge is 0.257 e. The number of anilines is 1. The molecule has 1 aromatic heterocycles. The molecule has 0 saturated carbocycles. The van der Waals surface area contributed by atoms with Gasteiger partial charge in [0.05, 0.1) is 5.69 Å². The van der Waals surface area contributed by atoms with Crippen LogP contribution < -0.4 is 11.1 Å². The third kappa shape index (κ3) is 3.72. The Labute approximate surface area is 164 Å². The van der Waals surface area contributed by atoms with Crippen molar-refractivity contribution in [3.63, 3.8) is 0 Å². The van der Waals surface area contributed by atoms with Crippen LogP contribution in [0.15, 0.2) is 53.0 Å². The second-order valence-electron chi connectivity index (χ2n) is 6.43. The monoisotopic (exact) mass is 427 g/mol. The predicted octanol–water partition coefficient (Wildman–Crippen LogP) is 4.64. The molecule has 3 aromatic rings. The molecule has 1 atom stereocenters. The van der Waals surface area contributed by atoms with Crippen molar-refractivity contribution in [1.29, 1.82) is 0 Å². The first-order valence-corrected chi connectivity index (χ1v) is 10.1. The molecule has 4 nitrogen and oxygen atoms in total. The summed E-state index contributed by atoms with van der Waals surface area (Å²) < 4.78 is 1.03. The topological polar surface area (TPSA) is 68.0 Å². The quantitative estimate of drug-likeness (QED) is 0.639. The van der Waals surface area contributed by atoms with Gasteiger partial charge in [-0.25, -0.2) is 4.98 Å². The van der Waals surface area contributed by atoms with Crippen molar-refractivity contribution >= 4 is 38.3 Å². The standard InChI is InChI=1S/C20H18BrN3OS/c21-15-3-1-2-14(10-15)12-4-6-13(7-5-12)19(25)24-20-23-17-9-8-16(22)11-18(17)26-20/h1-7,10,16H,8-9,11,22H2,(H,23,24,25)/t16-/m0/s1. The number of amides is 1.